The average Bonchev–Trinajstić information content (AvgIpc) is 3.15. The third-order valence-electron chi connectivity index (χ3n) is 3.63. The van der Waals surface area contributed by atoms with Crippen LogP contribution in [0.4, 0.5) is 0 Å². The molecule has 0 radical (unpaired) electrons. The van der Waals surface area contributed by atoms with Crippen LogP contribution in [0, 0.1) is 0 Å². The Kier molecular flexibility index (Phi) is 5.09. The zero-order valence-corrected chi connectivity index (χ0v) is 14.3. The summed E-state index contributed by atoms with van der Waals surface area (Å²) >= 11 is 0. The van der Waals surface area contributed by atoms with Crippen LogP contribution in [0.15, 0.2) is 73.3 Å². The van der Waals surface area contributed by atoms with Crippen molar-refractivity contribution in [2.24, 2.45) is 0 Å². The molecule has 4 heteroatoms. The average molecular weight is 332 g/mol. The molecule has 0 atom stereocenters. The van der Waals surface area contributed by atoms with Gasteiger partial charge in [0.1, 0.15) is 5.75 Å². The Bertz CT molecular complexity index is 846. The van der Waals surface area contributed by atoms with Gasteiger partial charge in [-0.05, 0) is 61.9 Å². The Labute approximate surface area is 147 Å². The van der Waals surface area contributed by atoms with Crippen LogP contribution >= 0.6 is 0 Å². The van der Waals surface area contributed by atoms with E-state index in [1.165, 1.54) is 0 Å². The molecule has 1 aromatic heterocycles. The lowest BCUT2D eigenvalue weighted by Crippen LogP contribution is -2.05. The first-order valence-electron chi connectivity index (χ1n) is 8.19. The van der Waals surface area contributed by atoms with Crippen molar-refractivity contribution < 1.29 is 9.53 Å². The number of ketones is 1. The van der Waals surface area contributed by atoms with Crippen molar-refractivity contribution in [1.29, 1.82) is 0 Å². The Balaban J connectivity index is 1.66. The number of carbonyl (C=O) groups excluding carboxylic acids is 1. The highest BCUT2D eigenvalue weighted by Gasteiger charge is 2.03. The van der Waals surface area contributed by atoms with E-state index >= 15 is 0 Å². The van der Waals surface area contributed by atoms with Crippen LogP contribution in [0.2, 0.25) is 0 Å². The highest BCUT2D eigenvalue weighted by atomic mass is 16.5. The minimum atomic E-state index is -0.0281. The smallest absolute Gasteiger partial charge is 0.185 e. The van der Waals surface area contributed by atoms with Gasteiger partial charge >= 0.3 is 0 Å². The van der Waals surface area contributed by atoms with Gasteiger partial charge in [-0.3, -0.25) is 4.79 Å². The van der Waals surface area contributed by atoms with Gasteiger partial charge in [0.25, 0.3) is 0 Å². The fourth-order valence-corrected chi connectivity index (χ4v) is 2.41. The minimum absolute atomic E-state index is 0.0281. The van der Waals surface area contributed by atoms with E-state index in [2.05, 4.69) is 4.98 Å². The van der Waals surface area contributed by atoms with Gasteiger partial charge in [0.15, 0.2) is 5.78 Å². The van der Waals surface area contributed by atoms with E-state index in [-0.39, 0.29) is 11.9 Å². The molecule has 0 aliphatic rings. The normalized spacial score (nSPS) is 11.2. The lowest BCUT2D eigenvalue weighted by atomic mass is 10.1. The van der Waals surface area contributed by atoms with Gasteiger partial charge in [-0.25, -0.2) is 4.98 Å². The third kappa shape index (κ3) is 4.44. The highest BCUT2D eigenvalue weighted by Crippen LogP contribution is 2.15. The summed E-state index contributed by atoms with van der Waals surface area (Å²) in [6, 6.07) is 15.1. The minimum Gasteiger partial charge on any atom is -0.491 e. The molecule has 2 aromatic carbocycles. The van der Waals surface area contributed by atoms with Crippen molar-refractivity contribution in [3.8, 4) is 11.4 Å². The van der Waals surface area contributed by atoms with Crippen molar-refractivity contribution in [3.63, 3.8) is 0 Å². The monoisotopic (exact) mass is 332 g/mol. The van der Waals surface area contributed by atoms with Gasteiger partial charge in [-0.1, -0.05) is 18.2 Å². The zero-order chi connectivity index (χ0) is 17.6. The largest absolute Gasteiger partial charge is 0.491 e. The SMILES string of the molecule is CC(C)Oc1ccc(/C=C/C(=O)c2ccc(-n3ccnc3)cc2)cc1. The van der Waals surface area contributed by atoms with Gasteiger partial charge in [-0.2, -0.15) is 0 Å². The molecule has 1 heterocycles. The molecule has 25 heavy (non-hydrogen) atoms. The standard InChI is InChI=1S/C21H20N2O2/c1-16(2)25-20-10-3-17(4-11-20)5-12-21(24)18-6-8-19(9-7-18)23-14-13-22-15-23/h3-16H,1-2H3/b12-5+. The lowest BCUT2D eigenvalue weighted by Gasteiger charge is -2.09. The summed E-state index contributed by atoms with van der Waals surface area (Å²) in [5.41, 5.74) is 2.58. The van der Waals surface area contributed by atoms with E-state index in [9.17, 15) is 4.79 Å². The van der Waals surface area contributed by atoms with E-state index in [0.29, 0.717) is 5.56 Å². The summed E-state index contributed by atoms with van der Waals surface area (Å²) in [4.78, 5) is 16.3. The van der Waals surface area contributed by atoms with E-state index in [0.717, 1.165) is 17.0 Å². The van der Waals surface area contributed by atoms with Crippen molar-refractivity contribution in [3.05, 3.63) is 84.5 Å². The maximum Gasteiger partial charge on any atom is 0.185 e. The molecule has 0 saturated carbocycles. The second-order valence-electron chi connectivity index (χ2n) is 5.95. The predicted octanol–water partition coefficient (Wildman–Crippen LogP) is 4.56. The first kappa shape index (κ1) is 16.7. The maximum absolute atomic E-state index is 12.3. The summed E-state index contributed by atoms with van der Waals surface area (Å²) < 4.78 is 7.50. The molecule has 0 saturated heterocycles. The number of nitrogens with zero attached hydrogens (tertiary/aromatic N) is 2. The molecule has 3 aromatic rings. The van der Waals surface area contributed by atoms with Crippen LogP contribution in [0.25, 0.3) is 11.8 Å². The number of imidazole rings is 1. The molecule has 4 nitrogen and oxygen atoms in total. The first-order valence-corrected chi connectivity index (χ1v) is 8.19. The number of hydrogen-bond donors (Lipinski definition) is 0. The number of benzene rings is 2. The Morgan fingerprint density at radius 1 is 1.08 bits per heavy atom. The summed E-state index contributed by atoms with van der Waals surface area (Å²) in [6.07, 6.45) is 8.86. The molecule has 0 unspecified atom stereocenters. The van der Waals surface area contributed by atoms with Crippen molar-refractivity contribution in [1.82, 2.24) is 9.55 Å². The van der Waals surface area contributed by atoms with Crippen molar-refractivity contribution in [2.45, 2.75) is 20.0 Å². The predicted molar refractivity (Wildman–Crippen MR) is 99.1 cm³/mol. The summed E-state index contributed by atoms with van der Waals surface area (Å²) in [7, 11) is 0. The van der Waals surface area contributed by atoms with Crippen molar-refractivity contribution >= 4 is 11.9 Å². The molecule has 0 aliphatic carbocycles. The second kappa shape index (κ2) is 7.62. The molecular weight excluding hydrogens is 312 g/mol. The number of rotatable bonds is 6. The molecule has 3 rings (SSSR count). The van der Waals surface area contributed by atoms with Gasteiger partial charge < -0.3 is 9.30 Å². The van der Waals surface area contributed by atoms with Gasteiger partial charge in [0.05, 0.1) is 12.4 Å². The maximum atomic E-state index is 12.3. The second-order valence-corrected chi connectivity index (χ2v) is 5.95. The molecular formula is C21H20N2O2. The Morgan fingerprint density at radius 2 is 1.80 bits per heavy atom. The van der Waals surface area contributed by atoms with Gasteiger partial charge in [0.2, 0.25) is 0 Å². The number of carbonyl (C=O) groups is 1. The molecule has 0 N–H and O–H groups in total. The molecule has 0 aliphatic heterocycles. The third-order valence-corrected chi connectivity index (χ3v) is 3.63. The number of aromatic nitrogens is 2. The molecule has 0 fully saturated rings. The van der Waals surface area contributed by atoms with E-state index < -0.39 is 0 Å². The Morgan fingerprint density at radius 3 is 2.40 bits per heavy atom. The fraction of sp³-hybridized carbons (Fsp3) is 0.143. The Hall–Kier alpha value is -3.14. The summed E-state index contributed by atoms with van der Waals surface area (Å²) in [5.74, 6) is 0.799. The van der Waals surface area contributed by atoms with Crippen LogP contribution in [0.5, 0.6) is 5.75 Å². The molecule has 0 spiro atoms. The number of ether oxygens (including phenoxy) is 1. The summed E-state index contributed by atoms with van der Waals surface area (Å²) in [6.45, 7) is 3.98. The topological polar surface area (TPSA) is 44.1 Å². The quantitative estimate of drug-likeness (QED) is 0.491. The van der Waals surface area contributed by atoms with E-state index in [4.69, 9.17) is 4.74 Å². The lowest BCUT2D eigenvalue weighted by molar-refractivity contribution is 0.104. The fourth-order valence-electron chi connectivity index (χ4n) is 2.41. The number of hydrogen-bond acceptors (Lipinski definition) is 3. The molecule has 126 valence electrons. The van der Waals surface area contributed by atoms with Crippen LogP contribution in [-0.4, -0.2) is 21.4 Å². The van der Waals surface area contributed by atoms with E-state index in [1.54, 1.807) is 18.6 Å². The summed E-state index contributed by atoms with van der Waals surface area (Å²) in [5, 5.41) is 0. The first-order chi connectivity index (χ1) is 12.1. The molecule has 0 amide bonds. The van der Waals surface area contributed by atoms with Gasteiger partial charge in [-0.15, -0.1) is 0 Å². The molecule has 0 bridgehead atoms. The van der Waals surface area contributed by atoms with Crippen LogP contribution < -0.4 is 4.74 Å². The van der Waals surface area contributed by atoms with Crippen molar-refractivity contribution in [2.75, 3.05) is 0 Å². The van der Waals surface area contributed by atoms with Gasteiger partial charge in [0, 0.05) is 23.6 Å². The highest BCUT2D eigenvalue weighted by molar-refractivity contribution is 6.06. The van der Waals surface area contributed by atoms with Crippen LogP contribution in [0.1, 0.15) is 29.8 Å². The van der Waals surface area contributed by atoms with Crippen LogP contribution in [0.3, 0.4) is 0 Å². The number of allylic oxidation sites excluding steroid dienone is 1. The van der Waals surface area contributed by atoms with E-state index in [1.807, 2.05) is 79.2 Å². The zero-order valence-electron chi connectivity index (χ0n) is 14.3. The van der Waals surface area contributed by atoms with Crippen LogP contribution in [-0.2, 0) is 0 Å².